The molecule has 1 aromatic carbocycles. The molecule has 0 fully saturated rings. The maximum Gasteiger partial charge on any atom is 0.185 e. The zero-order chi connectivity index (χ0) is 14.4. The second-order valence-corrected chi connectivity index (χ2v) is 4.90. The molecule has 1 aliphatic carbocycles. The second-order valence-electron chi connectivity index (χ2n) is 4.90. The van der Waals surface area contributed by atoms with Gasteiger partial charge >= 0.3 is 0 Å². The molecule has 0 radical (unpaired) electrons. The van der Waals surface area contributed by atoms with E-state index in [9.17, 15) is 17.6 Å². The van der Waals surface area contributed by atoms with Gasteiger partial charge in [-0.2, -0.15) is 0 Å². The van der Waals surface area contributed by atoms with Crippen molar-refractivity contribution in [1.82, 2.24) is 4.57 Å². The molecule has 20 heavy (non-hydrogen) atoms. The number of benzene rings is 1. The molecular formula is C14H12F4N2. The number of nitrogens with zero attached hydrogens (tertiary/aromatic N) is 1. The highest BCUT2D eigenvalue weighted by atomic mass is 19.2. The fourth-order valence-corrected chi connectivity index (χ4v) is 2.71. The first kappa shape index (κ1) is 13.2. The molecule has 0 amide bonds. The second kappa shape index (κ2) is 4.63. The molecule has 0 saturated heterocycles. The van der Waals surface area contributed by atoms with Gasteiger partial charge in [-0.15, -0.1) is 0 Å². The Morgan fingerprint density at radius 1 is 1.10 bits per heavy atom. The van der Waals surface area contributed by atoms with Crippen LogP contribution >= 0.6 is 0 Å². The normalized spacial score (nSPS) is 18.1. The first-order valence-electron chi connectivity index (χ1n) is 6.29. The third-order valence-electron chi connectivity index (χ3n) is 3.68. The van der Waals surface area contributed by atoms with E-state index < -0.39 is 29.0 Å². The van der Waals surface area contributed by atoms with Crippen molar-refractivity contribution in [3.8, 4) is 5.69 Å². The van der Waals surface area contributed by atoms with Crippen LogP contribution in [0, 0.1) is 23.3 Å². The highest BCUT2D eigenvalue weighted by Gasteiger charge is 2.26. The van der Waals surface area contributed by atoms with Crippen LogP contribution in [0.1, 0.15) is 30.1 Å². The average Bonchev–Trinajstić information content (AvgIpc) is 2.83. The van der Waals surface area contributed by atoms with Crippen LogP contribution in [0.15, 0.2) is 18.3 Å². The van der Waals surface area contributed by atoms with Crippen LogP contribution in [-0.2, 0) is 6.42 Å². The Balaban J connectivity index is 2.25. The predicted molar refractivity (Wildman–Crippen MR) is 65.5 cm³/mol. The van der Waals surface area contributed by atoms with E-state index in [2.05, 4.69) is 0 Å². The van der Waals surface area contributed by atoms with Gasteiger partial charge in [-0.25, -0.2) is 17.6 Å². The first-order chi connectivity index (χ1) is 9.50. The lowest BCUT2D eigenvalue weighted by Gasteiger charge is -2.21. The summed E-state index contributed by atoms with van der Waals surface area (Å²) in [6.07, 6.45) is 3.50. The molecule has 1 atom stereocenters. The zero-order valence-corrected chi connectivity index (χ0v) is 10.5. The van der Waals surface area contributed by atoms with Gasteiger partial charge < -0.3 is 10.3 Å². The Hall–Kier alpha value is -1.82. The van der Waals surface area contributed by atoms with E-state index in [0.717, 1.165) is 23.0 Å². The molecule has 0 spiro atoms. The molecule has 1 heterocycles. The summed E-state index contributed by atoms with van der Waals surface area (Å²) in [5, 5.41) is 0. The molecule has 2 aromatic rings. The monoisotopic (exact) mass is 284 g/mol. The van der Waals surface area contributed by atoms with Crippen molar-refractivity contribution in [3.05, 3.63) is 52.9 Å². The van der Waals surface area contributed by atoms with Crippen molar-refractivity contribution < 1.29 is 17.6 Å². The summed E-state index contributed by atoms with van der Waals surface area (Å²) in [6, 6.07) is 1.63. The van der Waals surface area contributed by atoms with E-state index in [1.54, 1.807) is 6.07 Å². The van der Waals surface area contributed by atoms with Gasteiger partial charge in [0.2, 0.25) is 0 Å². The van der Waals surface area contributed by atoms with Gasteiger partial charge in [0.05, 0.1) is 0 Å². The molecule has 2 nitrogen and oxygen atoms in total. The Bertz CT molecular complexity index is 652. The predicted octanol–water partition coefficient (Wildman–Crippen LogP) is 3.37. The topological polar surface area (TPSA) is 30.9 Å². The number of halogens is 4. The summed E-state index contributed by atoms with van der Waals surface area (Å²) in [5.41, 5.74) is 6.57. The van der Waals surface area contributed by atoms with Crippen molar-refractivity contribution in [3.63, 3.8) is 0 Å². The zero-order valence-electron chi connectivity index (χ0n) is 10.5. The number of rotatable bonds is 1. The van der Waals surface area contributed by atoms with E-state index in [1.165, 1.54) is 6.20 Å². The summed E-state index contributed by atoms with van der Waals surface area (Å²) < 4.78 is 55.4. The minimum atomic E-state index is -1.42. The average molecular weight is 284 g/mol. The summed E-state index contributed by atoms with van der Waals surface area (Å²) in [6.45, 7) is 0. The quantitative estimate of drug-likeness (QED) is 0.631. The van der Waals surface area contributed by atoms with E-state index in [4.69, 9.17) is 5.73 Å². The number of nitrogens with two attached hydrogens (primary N) is 1. The maximum absolute atomic E-state index is 13.8. The van der Waals surface area contributed by atoms with E-state index >= 15 is 0 Å². The summed E-state index contributed by atoms with van der Waals surface area (Å²) in [4.78, 5) is 0. The van der Waals surface area contributed by atoms with Crippen LogP contribution in [0.25, 0.3) is 5.69 Å². The highest BCUT2D eigenvalue weighted by Crippen LogP contribution is 2.33. The minimum absolute atomic E-state index is 0.204. The van der Waals surface area contributed by atoms with Crippen molar-refractivity contribution in [2.24, 2.45) is 5.73 Å². The largest absolute Gasteiger partial charge is 0.324 e. The van der Waals surface area contributed by atoms with Gasteiger partial charge in [0.15, 0.2) is 23.3 Å². The van der Waals surface area contributed by atoms with Crippen LogP contribution in [0.3, 0.4) is 0 Å². The van der Waals surface area contributed by atoms with Gasteiger partial charge in [-0.05, 0) is 30.9 Å². The standard InChI is InChI=1S/C14H12F4N2/c15-8-6-9(16)13(18)14(12(8)17)20-5-4-7-10(19)2-1-3-11(7)20/h4-6,10H,1-3,19H2. The van der Waals surface area contributed by atoms with Crippen LogP contribution in [0.4, 0.5) is 17.6 Å². The van der Waals surface area contributed by atoms with Crippen LogP contribution < -0.4 is 5.73 Å². The molecule has 106 valence electrons. The lowest BCUT2D eigenvalue weighted by atomic mass is 9.93. The molecule has 1 unspecified atom stereocenters. The van der Waals surface area contributed by atoms with Crippen molar-refractivity contribution in [2.45, 2.75) is 25.3 Å². The van der Waals surface area contributed by atoms with E-state index in [0.29, 0.717) is 12.1 Å². The van der Waals surface area contributed by atoms with Crippen molar-refractivity contribution in [2.75, 3.05) is 0 Å². The third kappa shape index (κ3) is 1.83. The van der Waals surface area contributed by atoms with Crippen molar-refractivity contribution >= 4 is 0 Å². The highest BCUT2D eigenvalue weighted by molar-refractivity contribution is 5.43. The fourth-order valence-electron chi connectivity index (χ4n) is 2.71. The molecule has 0 saturated carbocycles. The Labute approximate surface area is 112 Å². The lowest BCUT2D eigenvalue weighted by molar-refractivity contribution is 0.445. The van der Waals surface area contributed by atoms with Gasteiger partial charge in [-0.3, -0.25) is 0 Å². The fraction of sp³-hybridized carbons (Fsp3) is 0.286. The molecule has 3 rings (SSSR count). The molecule has 6 heteroatoms. The SMILES string of the molecule is NC1CCCc2c1ccn2-c1c(F)c(F)cc(F)c1F. The number of fused-ring (bicyclic) bond motifs is 1. The van der Waals surface area contributed by atoms with E-state index in [-0.39, 0.29) is 12.1 Å². The Kier molecular flexibility index (Phi) is 3.05. The smallest absolute Gasteiger partial charge is 0.185 e. The molecule has 1 aromatic heterocycles. The van der Waals surface area contributed by atoms with Crippen LogP contribution in [0.2, 0.25) is 0 Å². The summed E-state index contributed by atoms with van der Waals surface area (Å²) in [7, 11) is 0. The van der Waals surface area contributed by atoms with Crippen molar-refractivity contribution in [1.29, 1.82) is 0 Å². The van der Waals surface area contributed by atoms with Gasteiger partial charge in [0.25, 0.3) is 0 Å². The molecular weight excluding hydrogens is 272 g/mol. The van der Waals surface area contributed by atoms with E-state index in [1.807, 2.05) is 0 Å². The first-order valence-corrected chi connectivity index (χ1v) is 6.29. The minimum Gasteiger partial charge on any atom is -0.324 e. The number of aromatic nitrogens is 1. The summed E-state index contributed by atoms with van der Waals surface area (Å²) in [5.74, 6) is -5.63. The molecule has 1 aliphatic rings. The maximum atomic E-state index is 13.8. The molecule has 0 bridgehead atoms. The van der Waals surface area contributed by atoms with Crippen LogP contribution in [-0.4, -0.2) is 4.57 Å². The summed E-state index contributed by atoms with van der Waals surface area (Å²) >= 11 is 0. The molecule has 2 N–H and O–H groups in total. The van der Waals surface area contributed by atoms with Gasteiger partial charge in [-0.1, -0.05) is 0 Å². The van der Waals surface area contributed by atoms with Gasteiger partial charge in [0.1, 0.15) is 5.69 Å². The number of hydrogen-bond acceptors (Lipinski definition) is 1. The van der Waals surface area contributed by atoms with Crippen LogP contribution in [0.5, 0.6) is 0 Å². The van der Waals surface area contributed by atoms with Gasteiger partial charge in [0, 0.05) is 24.0 Å². The molecule has 0 aliphatic heterocycles. The Morgan fingerprint density at radius 3 is 2.40 bits per heavy atom. The lowest BCUT2D eigenvalue weighted by Crippen LogP contribution is -2.18. The number of hydrogen-bond donors (Lipinski definition) is 1. The third-order valence-corrected chi connectivity index (χ3v) is 3.68. The Morgan fingerprint density at radius 2 is 1.75 bits per heavy atom.